The van der Waals surface area contributed by atoms with Gasteiger partial charge in [-0.2, -0.15) is 4.98 Å². The van der Waals surface area contributed by atoms with Crippen molar-refractivity contribution in [2.45, 2.75) is 19.3 Å². The van der Waals surface area contributed by atoms with E-state index in [0.717, 1.165) is 16.6 Å². The number of aryl methyl sites for hydroxylation is 1. The molecule has 0 fully saturated rings. The Bertz CT molecular complexity index is 1240. The summed E-state index contributed by atoms with van der Waals surface area (Å²) in [6.45, 7) is 0. The number of benzene rings is 2. The maximum atomic E-state index is 12.4. The molecular weight excluding hydrogens is 424 g/mol. The Morgan fingerprint density at radius 1 is 1.03 bits per heavy atom. The van der Waals surface area contributed by atoms with Crippen LogP contribution in [0, 0.1) is 0 Å². The second-order valence-electron chi connectivity index (χ2n) is 7.20. The first kappa shape index (κ1) is 22.1. The lowest BCUT2D eigenvalue weighted by atomic mass is 10.1. The number of anilines is 1. The highest BCUT2D eigenvalue weighted by molar-refractivity contribution is 6.00. The summed E-state index contributed by atoms with van der Waals surface area (Å²) in [6, 6.07) is 12.9. The molecule has 0 aliphatic heterocycles. The summed E-state index contributed by atoms with van der Waals surface area (Å²) < 4.78 is 21.5. The van der Waals surface area contributed by atoms with E-state index in [9.17, 15) is 4.79 Å². The summed E-state index contributed by atoms with van der Waals surface area (Å²) in [7, 11) is 4.63. The summed E-state index contributed by atoms with van der Waals surface area (Å²) in [6.07, 6.45) is 3.08. The zero-order valence-corrected chi connectivity index (χ0v) is 18.6. The molecule has 0 aliphatic carbocycles. The molecule has 2 aromatic heterocycles. The number of pyridine rings is 1. The molecule has 33 heavy (non-hydrogen) atoms. The van der Waals surface area contributed by atoms with E-state index in [1.807, 2.05) is 30.3 Å². The van der Waals surface area contributed by atoms with Crippen LogP contribution in [0.5, 0.6) is 17.2 Å². The fourth-order valence-corrected chi connectivity index (χ4v) is 3.51. The zero-order chi connectivity index (χ0) is 23.2. The van der Waals surface area contributed by atoms with Crippen LogP contribution in [-0.4, -0.2) is 42.4 Å². The minimum atomic E-state index is -0.0873. The highest BCUT2D eigenvalue weighted by atomic mass is 16.5. The molecule has 1 amide bonds. The van der Waals surface area contributed by atoms with Gasteiger partial charge in [-0.1, -0.05) is 11.2 Å². The second-order valence-corrected chi connectivity index (χ2v) is 7.20. The first-order valence-electron chi connectivity index (χ1n) is 10.4. The van der Waals surface area contributed by atoms with Crippen LogP contribution in [0.25, 0.3) is 22.3 Å². The van der Waals surface area contributed by atoms with Crippen LogP contribution in [0.1, 0.15) is 18.7 Å². The average Bonchev–Trinajstić information content (AvgIpc) is 3.32. The van der Waals surface area contributed by atoms with E-state index in [-0.39, 0.29) is 5.91 Å². The summed E-state index contributed by atoms with van der Waals surface area (Å²) in [4.78, 5) is 21.2. The quantitative estimate of drug-likeness (QED) is 0.404. The predicted octanol–water partition coefficient (Wildman–Crippen LogP) is 4.27. The summed E-state index contributed by atoms with van der Waals surface area (Å²) in [5, 5.41) is 7.90. The fourth-order valence-electron chi connectivity index (χ4n) is 3.51. The van der Waals surface area contributed by atoms with Gasteiger partial charge < -0.3 is 24.1 Å². The van der Waals surface area contributed by atoms with Crippen LogP contribution in [0.4, 0.5) is 5.69 Å². The van der Waals surface area contributed by atoms with Gasteiger partial charge in [0.2, 0.25) is 23.4 Å². The monoisotopic (exact) mass is 448 g/mol. The summed E-state index contributed by atoms with van der Waals surface area (Å²) >= 11 is 0. The van der Waals surface area contributed by atoms with Crippen LogP contribution in [0.15, 0.2) is 53.2 Å². The molecule has 170 valence electrons. The maximum Gasteiger partial charge on any atom is 0.226 e. The van der Waals surface area contributed by atoms with Gasteiger partial charge in [0.15, 0.2) is 11.5 Å². The van der Waals surface area contributed by atoms with Gasteiger partial charge in [0.05, 0.1) is 32.5 Å². The maximum absolute atomic E-state index is 12.4. The van der Waals surface area contributed by atoms with Crippen LogP contribution >= 0.6 is 0 Å². The van der Waals surface area contributed by atoms with Crippen molar-refractivity contribution in [1.82, 2.24) is 15.1 Å². The molecule has 0 aliphatic rings. The van der Waals surface area contributed by atoms with Gasteiger partial charge in [-0.05, 0) is 42.8 Å². The first-order valence-corrected chi connectivity index (χ1v) is 10.4. The van der Waals surface area contributed by atoms with Gasteiger partial charge in [0, 0.05) is 30.0 Å². The van der Waals surface area contributed by atoms with Gasteiger partial charge in [0.1, 0.15) is 0 Å². The van der Waals surface area contributed by atoms with Crippen LogP contribution in [-0.2, 0) is 11.2 Å². The molecule has 0 spiro atoms. The van der Waals surface area contributed by atoms with Gasteiger partial charge >= 0.3 is 0 Å². The van der Waals surface area contributed by atoms with Crippen molar-refractivity contribution in [2.24, 2.45) is 0 Å². The van der Waals surface area contributed by atoms with Crippen molar-refractivity contribution in [3.05, 3.63) is 54.6 Å². The minimum Gasteiger partial charge on any atom is -0.493 e. The van der Waals surface area contributed by atoms with Gasteiger partial charge in [0.25, 0.3) is 0 Å². The van der Waals surface area contributed by atoms with Crippen molar-refractivity contribution in [3.63, 3.8) is 0 Å². The van der Waals surface area contributed by atoms with Crippen LogP contribution in [0.3, 0.4) is 0 Å². The van der Waals surface area contributed by atoms with E-state index in [0.29, 0.717) is 53.8 Å². The van der Waals surface area contributed by atoms with Crippen molar-refractivity contribution < 1.29 is 23.5 Å². The molecule has 2 aromatic carbocycles. The largest absolute Gasteiger partial charge is 0.493 e. The zero-order valence-electron chi connectivity index (χ0n) is 18.6. The number of fused-ring (bicyclic) bond motifs is 1. The fraction of sp³-hybridized carbons (Fsp3) is 0.250. The number of amides is 1. The molecule has 9 nitrogen and oxygen atoms in total. The Hall–Kier alpha value is -4.14. The van der Waals surface area contributed by atoms with E-state index in [2.05, 4.69) is 20.4 Å². The number of methoxy groups -OCH3 is 3. The number of ether oxygens (including phenoxy) is 3. The molecular formula is C24H24N4O5. The number of hydrogen-bond donors (Lipinski definition) is 1. The average molecular weight is 448 g/mol. The molecule has 0 bridgehead atoms. The molecule has 1 N–H and O–H groups in total. The number of rotatable bonds is 9. The lowest BCUT2D eigenvalue weighted by Crippen LogP contribution is -2.11. The van der Waals surface area contributed by atoms with Gasteiger partial charge in [-0.25, -0.2) is 0 Å². The third-order valence-corrected chi connectivity index (χ3v) is 5.11. The molecule has 0 unspecified atom stereocenters. The van der Waals surface area contributed by atoms with Gasteiger partial charge in [-0.3, -0.25) is 9.78 Å². The van der Waals surface area contributed by atoms with Crippen molar-refractivity contribution in [3.8, 4) is 28.6 Å². The van der Waals surface area contributed by atoms with E-state index in [1.165, 1.54) is 0 Å². The highest BCUT2D eigenvalue weighted by Gasteiger charge is 2.17. The molecule has 4 rings (SSSR count). The SMILES string of the molecule is COc1cc(-c2noc(CCCC(=O)Nc3cccc4ncccc34)n2)cc(OC)c1OC. The number of nitrogens with zero attached hydrogens (tertiary/aromatic N) is 3. The minimum absolute atomic E-state index is 0.0873. The lowest BCUT2D eigenvalue weighted by molar-refractivity contribution is -0.116. The molecule has 0 saturated carbocycles. The molecule has 9 heteroatoms. The number of carbonyl (C=O) groups excluding carboxylic acids is 1. The van der Waals surface area contributed by atoms with Crippen molar-refractivity contribution in [1.29, 1.82) is 0 Å². The number of carbonyl (C=O) groups is 1. The van der Waals surface area contributed by atoms with Crippen molar-refractivity contribution in [2.75, 3.05) is 26.6 Å². The molecule has 4 aromatic rings. The van der Waals surface area contributed by atoms with E-state index in [1.54, 1.807) is 39.7 Å². The molecule has 0 radical (unpaired) electrons. The molecule has 0 saturated heterocycles. The van der Waals surface area contributed by atoms with E-state index < -0.39 is 0 Å². The summed E-state index contributed by atoms with van der Waals surface area (Å²) in [5.41, 5.74) is 2.25. The molecule has 2 heterocycles. The van der Waals surface area contributed by atoms with Crippen molar-refractivity contribution >= 4 is 22.5 Å². The van der Waals surface area contributed by atoms with Crippen LogP contribution < -0.4 is 19.5 Å². The summed E-state index contributed by atoms with van der Waals surface area (Å²) in [5.74, 6) is 2.24. The number of hydrogen-bond acceptors (Lipinski definition) is 8. The molecule has 0 atom stereocenters. The number of aromatic nitrogens is 3. The Morgan fingerprint density at radius 3 is 2.55 bits per heavy atom. The van der Waals surface area contributed by atoms with Crippen LogP contribution in [0.2, 0.25) is 0 Å². The first-order chi connectivity index (χ1) is 16.1. The Kier molecular flexibility index (Phi) is 6.68. The van der Waals surface area contributed by atoms with Gasteiger partial charge in [-0.15, -0.1) is 0 Å². The third kappa shape index (κ3) is 4.87. The Morgan fingerprint density at radius 2 is 1.82 bits per heavy atom. The van der Waals surface area contributed by atoms with E-state index >= 15 is 0 Å². The van der Waals surface area contributed by atoms with E-state index in [4.69, 9.17) is 18.7 Å². The predicted molar refractivity (Wildman–Crippen MR) is 123 cm³/mol. The highest BCUT2D eigenvalue weighted by Crippen LogP contribution is 2.40. The lowest BCUT2D eigenvalue weighted by Gasteiger charge is -2.12. The standard InChI is InChI=1S/C24H24N4O5/c1-30-19-13-15(14-20(31-2)23(19)32-3)24-27-22(33-28-24)11-5-10-21(29)26-18-9-4-8-17-16(18)7-6-12-25-17/h4,6-9,12-14H,5,10-11H2,1-3H3,(H,26,29). The topological polar surface area (TPSA) is 109 Å². The third-order valence-electron chi connectivity index (χ3n) is 5.11. The second kappa shape index (κ2) is 9.99. The normalized spacial score (nSPS) is 10.8. The Balaban J connectivity index is 1.38. The number of nitrogens with one attached hydrogen (secondary N) is 1. The Labute approximate surface area is 190 Å². The smallest absolute Gasteiger partial charge is 0.226 e.